The summed E-state index contributed by atoms with van der Waals surface area (Å²) in [5, 5.41) is 13.6. The number of hydrogen-bond acceptors (Lipinski definition) is 7. The molecular formula is C25H24N6O2. The lowest BCUT2D eigenvalue weighted by molar-refractivity contribution is 0.122. The van der Waals surface area contributed by atoms with E-state index in [2.05, 4.69) is 49.4 Å². The first-order chi connectivity index (χ1) is 16.3. The lowest BCUT2D eigenvalue weighted by Crippen LogP contribution is -2.36. The Morgan fingerprint density at radius 2 is 1.97 bits per heavy atom. The molecule has 2 N–H and O–H groups in total. The molecule has 0 saturated carbocycles. The van der Waals surface area contributed by atoms with Crippen LogP contribution in [0.15, 0.2) is 60.0 Å². The molecule has 1 saturated heterocycles. The van der Waals surface area contributed by atoms with Crippen molar-refractivity contribution < 1.29 is 9.84 Å². The van der Waals surface area contributed by atoms with Gasteiger partial charge in [-0.25, -0.2) is 9.97 Å². The smallest absolute Gasteiger partial charge is 0.160 e. The largest absolute Gasteiger partial charge is 0.390 e. The van der Waals surface area contributed by atoms with E-state index < -0.39 is 0 Å². The van der Waals surface area contributed by atoms with Crippen LogP contribution in [0.2, 0.25) is 0 Å². The van der Waals surface area contributed by atoms with Crippen LogP contribution in [0.1, 0.15) is 16.8 Å². The summed E-state index contributed by atoms with van der Waals surface area (Å²) in [5.74, 6) is 0.738. The predicted octanol–water partition coefficient (Wildman–Crippen LogP) is 3.40. The summed E-state index contributed by atoms with van der Waals surface area (Å²) in [6.07, 6.45) is 7.42. The fraction of sp³-hybridized carbons (Fsp3) is 0.240. The molecular weight excluding hydrogens is 416 g/mol. The number of aliphatic imine (C=N–C) groups is 1. The number of aliphatic hydroxyl groups is 1. The number of nitrogens with zero attached hydrogens (tertiary/aromatic N) is 5. The number of rotatable bonds is 5. The van der Waals surface area contributed by atoms with Crippen LogP contribution >= 0.6 is 0 Å². The summed E-state index contributed by atoms with van der Waals surface area (Å²) in [5.41, 5.74) is 7.78. The van der Waals surface area contributed by atoms with E-state index in [0.29, 0.717) is 6.54 Å². The number of anilines is 3. The lowest BCUT2D eigenvalue weighted by Gasteiger charge is -2.28. The molecule has 0 unspecified atom stereocenters. The molecule has 1 aromatic carbocycles. The zero-order valence-corrected chi connectivity index (χ0v) is 18.1. The maximum absolute atomic E-state index is 10.2. The molecule has 2 aliphatic rings. The zero-order chi connectivity index (χ0) is 22.2. The van der Waals surface area contributed by atoms with Crippen molar-refractivity contribution in [3.05, 3.63) is 71.8 Å². The Morgan fingerprint density at radius 3 is 2.79 bits per heavy atom. The van der Waals surface area contributed by atoms with Gasteiger partial charge in [-0.2, -0.15) is 0 Å². The average molecular weight is 441 g/mol. The number of pyridine rings is 2. The van der Waals surface area contributed by atoms with Gasteiger partial charge in [-0.05, 0) is 41.0 Å². The van der Waals surface area contributed by atoms with Crippen molar-refractivity contribution in [3.8, 4) is 11.1 Å². The number of ether oxygens (including phenoxy) is 1. The average Bonchev–Trinajstić information content (AvgIpc) is 3.54. The van der Waals surface area contributed by atoms with Crippen molar-refractivity contribution in [1.29, 1.82) is 0 Å². The molecule has 8 nitrogen and oxygen atoms in total. The van der Waals surface area contributed by atoms with Gasteiger partial charge in [0, 0.05) is 37.3 Å². The molecule has 0 radical (unpaired) electrons. The van der Waals surface area contributed by atoms with Gasteiger partial charge < -0.3 is 20.1 Å². The molecule has 0 aliphatic carbocycles. The van der Waals surface area contributed by atoms with Crippen molar-refractivity contribution in [2.75, 3.05) is 36.5 Å². The minimum absolute atomic E-state index is 0.0947. The third-order valence-corrected chi connectivity index (χ3v) is 6.25. The maximum atomic E-state index is 10.2. The van der Waals surface area contributed by atoms with Crippen molar-refractivity contribution in [3.63, 3.8) is 0 Å². The molecule has 3 aromatic heterocycles. The van der Waals surface area contributed by atoms with E-state index in [-0.39, 0.29) is 6.61 Å². The standard InChI is InChI=1S/C25H24N6O2/c32-16-23-21(17-1-2-18-13-26-14-19(18)11-17)12-22(25-27-5-6-31(23)25)29-24-4-3-20(15-28-24)30-7-9-33-10-8-30/h1-6,11-13,15,32H,7-10,14,16H2,(H,28,29). The minimum atomic E-state index is -0.0947. The SMILES string of the molecule is OCc1c(-c2ccc3c(c2)CN=C3)cc(Nc2ccc(N3CCOCC3)cn2)c2nccn12. The number of aliphatic hydroxyl groups excluding tert-OH is 1. The Labute approximate surface area is 191 Å². The second kappa shape index (κ2) is 8.31. The van der Waals surface area contributed by atoms with Gasteiger partial charge in [-0.3, -0.25) is 9.39 Å². The van der Waals surface area contributed by atoms with Crippen LogP contribution in [0.4, 0.5) is 17.2 Å². The van der Waals surface area contributed by atoms with Crippen LogP contribution in [0.5, 0.6) is 0 Å². The fourth-order valence-corrected chi connectivity index (χ4v) is 4.53. The Morgan fingerprint density at radius 1 is 1.06 bits per heavy atom. The highest BCUT2D eigenvalue weighted by Crippen LogP contribution is 2.33. The van der Waals surface area contributed by atoms with E-state index in [1.165, 1.54) is 5.56 Å². The number of fused-ring (bicyclic) bond motifs is 2. The molecule has 0 amide bonds. The minimum Gasteiger partial charge on any atom is -0.390 e. The molecule has 0 spiro atoms. The van der Waals surface area contributed by atoms with Gasteiger partial charge in [-0.1, -0.05) is 12.1 Å². The van der Waals surface area contributed by atoms with E-state index in [9.17, 15) is 5.11 Å². The fourth-order valence-electron chi connectivity index (χ4n) is 4.53. The van der Waals surface area contributed by atoms with Gasteiger partial charge in [0.2, 0.25) is 0 Å². The first kappa shape index (κ1) is 19.9. The second-order valence-electron chi connectivity index (χ2n) is 8.21. The van der Waals surface area contributed by atoms with Crippen molar-refractivity contribution in [1.82, 2.24) is 14.4 Å². The molecule has 0 bridgehead atoms. The molecule has 33 heavy (non-hydrogen) atoms. The third-order valence-electron chi connectivity index (χ3n) is 6.25. The highest BCUT2D eigenvalue weighted by molar-refractivity contribution is 5.87. The van der Waals surface area contributed by atoms with Crippen LogP contribution in [-0.2, 0) is 17.9 Å². The van der Waals surface area contributed by atoms with Crippen LogP contribution in [-0.4, -0.2) is 52.0 Å². The second-order valence-corrected chi connectivity index (χ2v) is 8.21. The lowest BCUT2D eigenvalue weighted by atomic mass is 9.98. The summed E-state index contributed by atoms with van der Waals surface area (Å²) in [6, 6.07) is 12.4. The van der Waals surface area contributed by atoms with Gasteiger partial charge in [0.05, 0.1) is 49.6 Å². The van der Waals surface area contributed by atoms with E-state index in [1.807, 2.05) is 35.1 Å². The molecule has 5 heterocycles. The molecule has 166 valence electrons. The van der Waals surface area contributed by atoms with E-state index in [0.717, 1.165) is 71.5 Å². The van der Waals surface area contributed by atoms with Crippen LogP contribution in [0.25, 0.3) is 16.8 Å². The molecule has 6 rings (SSSR count). The van der Waals surface area contributed by atoms with E-state index in [4.69, 9.17) is 4.74 Å². The Kier molecular flexibility index (Phi) is 5.01. The van der Waals surface area contributed by atoms with Crippen molar-refractivity contribution in [2.24, 2.45) is 4.99 Å². The Bertz CT molecular complexity index is 1340. The molecule has 4 aromatic rings. The number of morpholine rings is 1. The number of benzene rings is 1. The van der Waals surface area contributed by atoms with E-state index >= 15 is 0 Å². The summed E-state index contributed by atoms with van der Waals surface area (Å²) < 4.78 is 7.37. The van der Waals surface area contributed by atoms with E-state index in [1.54, 1.807) is 6.20 Å². The summed E-state index contributed by atoms with van der Waals surface area (Å²) >= 11 is 0. The summed E-state index contributed by atoms with van der Waals surface area (Å²) in [6.45, 7) is 3.83. The first-order valence-electron chi connectivity index (χ1n) is 11.1. The van der Waals surface area contributed by atoms with Crippen LogP contribution in [0.3, 0.4) is 0 Å². The Balaban J connectivity index is 1.37. The van der Waals surface area contributed by atoms with Crippen LogP contribution in [0, 0.1) is 0 Å². The topological polar surface area (TPSA) is 87.3 Å². The van der Waals surface area contributed by atoms with Crippen molar-refractivity contribution in [2.45, 2.75) is 13.2 Å². The highest BCUT2D eigenvalue weighted by atomic mass is 16.5. The van der Waals surface area contributed by atoms with Crippen molar-refractivity contribution >= 4 is 29.1 Å². The maximum Gasteiger partial charge on any atom is 0.160 e. The number of hydrogen-bond donors (Lipinski definition) is 2. The molecule has 0 atom stereocenters. The van der Waals surface area contributed by atoms with Gasteiger partial charge in [0.1, 0.15) is 5.82 Å². The monoisotopic (exact) mass is 440 g/mol. The molecule has 8 heteroatoms. The quantitative estimate of drug-likeness (QED) is 0.495. The third kappa shape index (κ3) is 3.63. The zero-order valence-electron chi connectivity index (χ0n) is 18.1. The Hall–Kier alpha value is -3.75. The van der Waals surface area contributed by atoms with Gasteiger partial charge in [0.15, 0.2) is 5.65 Å². The van der Waals surface area contributed by atoms with Gasteiger partial charge in [-0.15, -0.1) is 0 Å². The first-order valence-corrected chi connectivity index (χ1v) is 11.1. The van der Waals surface area contributed by atoms with Gasteiger partial charge >= 0.3 is 0 Å². The van der Waals surface area contributed by atoms with Gasteiger partial charge in [0.25, 0.3) is 0 Å². The van der Waals surface area contributed by atoms with Crippen LogP contribution < -0.4 is 10.2 Å². The predicted molar refractivity (Wildman–Crippen MR) is 128 cm³/mol. The number of imidazole rings is 1. The number of nitrogens with one attached hydrogen (secondary N) is 1. The number of aromatic nitrogens is 3. The molecule has 2 aliphatic heterocycles. The normalized spacial score (nSPS) is 15.2. The highest BCUT2D eigenvalue weighted by Gasteiger charge is 2.17. The molecule has 1 fully saturated rings. The summed E-state index contributed by atoms with van der Waals surface area (Å²) in [7, 11) is 0. The summed E-state index contributed by atoms with van der Waals surface area (Å²) in [4.78, 5) is 15.8.